The SMILES string of the molecule is Cc1nc2sc(CCN)nn2c1C.Cl. The monoisotopic (exact) mass is 232 g/mol. The van der Waals surface area contributed by atoms with E-state index < -0.39 is 0 Å². The lowest BCUT2D eigenvalue weighted by atomic mass is 10.4. The molecule has 0 fully saturated rings. The molecule has 0 aromatic carbocycles. The second kappa shape index (κ2) is 4.25. The van der Waals surface area contributed by atoms with Crippen molar-refractivity contribution in [3.8, 4) is 0 Å². The van der Waals surface area contributed by atoms with Crippen LogP contribution in [0.25, 0.3) is 4.96 Å². The van der Waals surface area contributed by atoms with E-state index in [1.807, 2.05) is 18.4 Å². The topological polar surface area (TPSA) is 56.2 Å². The van der Waals surface area contributed by atoms with E-state index in [0.29, 0.717) is 6.54 Å². The van der Waals surface area contributed by atoms with E-state index in [4.69, 9.17) is 5.73 Å². The molecule has 0 radical (unpaired) electrons. The number of hydrogen-bond acceptors (Lipinski definition) is 4. The molecule has 0 spiro atoms. The summed E-state index contributed by atoms with van der Waals surface area (Å²) in [5, 5.41) is 5.48. The largest absolute Gasteiger partial charge is 0.330 e. The average molecular weight is 233 g/mol. The minimum absolute atomic E-state index is 0. The zero-order chi connectivity index (χ0) is 9.42. The Kier molecular flexibility index (Phi) is 3.47. The van der Waals surface area contributed by atoms with Crippen LogP contribution in [0.15, 0.2) is 0 Å². The number of hydrogen-bond donors (Lipinski definition) is 1. The number of rotatable bonds is 2. The number of imidazole rings is 1. The molecular weight excluding hydrogens is 220 g/mol. The van der Waals surface area contributed by atoms with Gasteiger partial charge in [-0.1, -0.05) is 11.3 Å². The van der Waals surface area contributed by atoms with E-state index in [9.17, 15) is 0 Å². The van der Waals surface area contributed by atoms with Crippen LogP contribution >= 0.6 is 23.7 Å². The summed E-state index contributed by atoms with van der Waals surface area (Å²) in [5.74, 6) is 0. The third-order valence-electron chi connectivity index (χ3n) is 2.06. The van der Waals surface area contributed by atoms with E-state index in [0.717, 1.165) is 27.8 Å². The molecule has 0 saturated heterocycles. The van der Waals surface area contributed by atoms with Crippen LogP contribution in [0.3, 0.4) is 0 Å². The molecule has 0 aliphatic rings. The molecule has 0 atom stereocenters. The van der Waals surface area contributed by atoms with Crippen LogP contribution < -0.4 is 5.73 Å². The zero-order valence-corrected chi connectivity index (χ0v) is 9.78. The lowest BCUT2D eigenvalue weighted by molar-refractivity contribution is 0.851. The summed E-state index contributed by atoms with van der Waals surface area (Å²) >= 11 is 1.62. The van der Waals surface area contributed by atoms with Gasteiger partial charge in [-0.3, -0.25) is 0 Å². The van der Waals surface area contributed by atoms with Crippen molar-refractivity contribution >= 4 is 28.7 Å². The molecule has 14 heavy (non-hydrogen) atoms. The summed E-state index contributed by atoms with van der Waals surface area (Å²) in [4.78, 5) is 5.36. The van der Waals surface area contributed by atoms with Gasteiger partial charge >= 0.3 is 0 Å². The number of fused-ring (bicyclic) bond motifs is 1. The van der Waals surface area contributed by atoms with Gasteiger partial charge in [0, 0.05) is 6.42 Å². The van der Waals surface area contributed by atoms with Crippen LogP contribution in [-0.2, 0) is 6.42 Å². The van der Waals surface area contributed by atoms with Gasteiger partial charge in [-0.25, -0.2) is 9.50 Å². The Hall–Kier alpha value is -0.650. The summed E-state index contributed by atoms with van der Waals surface area (Å²) in [7, 11) is 0. The molecule has 0 saturated carbocycles. The fourth-order valence-electron chi connectivity index (χ4n) is 1.21. The Morgan fingerprint density at radius 2 is 2.14 bits per heavy atom. The quantitative estimate of drug-likeness (QED) is 0.850. The number of nitrogens with two attached hydrogens (primary N) is 1. The highest BCUT2D eigenvalue weighted by Gasteiger charge is 2.09. The molecule has 2 rings (SSSR count). The number of aromatic nitrogens is 3. The van der Waals surface area contributed by atoms with E-state index in [2.05, 4.69) is 10.1 Å². The minimum atomic E-state index is 0. The van der Waals surface area contributed by atoms with Crippen LogP contribution in [0.5, 0.6) is 0 Å². The molecule has 4 nitrogen and oxygen atoms in total. The lowest BCUT2D eigenvalue weighted by Gasteiger charge is -1.89. The van der Waals surface area contributed by atoms with Crippen molar-refractivity contribution in [3.63, 3.8) is 0 Å². The van der Waals surface area contributed by atoms with Gasteiger partial charge in [0.25, 0.3) is 0 Å². The van der Waals surface area contributed by atoms with E-state index in [-0.39, 0.29) is 12.4 Å². The fourth-order valence-corrected chi connectivity index (χ4v) is 2.21. The Morgan fingerprint density at radius 1 is 1.43 bits per heavy atom. The maximum absolute atomic E-state index is 5.46. The number of aryl methyl sites for hydroxylation is 2. The van der Waals surface area contributed by atoms with Crippen LogP contribution in [0.1, 0.15) is 16.4 Å². The first-order valence-electron chi connectivity index (χ1n) is 4.24. The van der Waals surface area contributed by atoms with Gasteiger partial charge in [0.2, 0.25) is 4.96 Å². The molecule has 0 bridgehead atoms. The molecule has 0 aliphatic heterocycles. The van der Waals surface area contributed by atoms with Crippen molar-refractivity contribution in [1.29, 1.82) is 0 Å². The van der Waals surface area contributed by atoms with Gasteiger partial charge in [-0.15, -0.1) is 12.4 Å². The lowest BCUT2D eigenvalue weighted by Crippen LogP contribution is -2.02. The first-order valence-corrected chi connectivity index (χ1v) is 5.05. The van der Waals surface area contributed by atoms with Crippen molar-refractivity contribution in [3.05, 3.63) is 16.4 Å². The predicted molar refractivity (Wildman–Crippen MR) is 60.3 cm³/mol. The third kappa shape index (κ3) is 1.75. The first-order chi connectivity index (χ1) is 6.22. The second-order valence-corrected chi connectivity index (χ2v) is 4.05. The van der Waals surface area contributed by atoms with Gasteiger partial charge < -0.3 is 5.73 Å². The normalized spacial score (nSPS) is 10.5. The predicted octanol–water partition coefficient (Wildman–Crippen LogP) is 1.33. The minimum Gasteiger partial charge on any atom is -0.330 e. The van der Waals surface area contributed by atoms with Gasteiger partial charge in [0.15, 0.2) is 0 Å². The van der Waals surface area contributed by atoms with Crippen LogP contribution in [-0.4, -0.2) is 21.1 Å². The maximum Gasteiger partial charge on any atom is 0.212 e. The Bertz CT molecular complexity index is 434. The maximum atomic E-state index is 5.46. The average Bonchev–Trinajstić information content (AvgIpc) is 2.56. The molecule has 78 valence electrons. The van der Waals surface area contributed by atoms with Gasteiger partial charge in [-0.2, -0.15) is 5.10 Å². The summed E-state index contributed by atoms with van der Waals surface area (Å²) in [6.07, 6.45) is 0.840. The first kappa shape index (κ1) is 11.4. The van der Waals surface area contributed by atoms with Gasteiger partial charge in [-0.05, 0) is 20.4 Å². The van der Waals surface area contributed by atoms with Crippen LogP contribution in [0.2, 0.25) is 0 Å². The molecule has 2 N–H and O–H groups in total. The van der Waals surface area contributed by atoms with E-state index >= 15 is 0 Å². The molecule has 2 aromatic rings. The van der Waals surface area contributed by atoms with Crippen molar-refractivity contribution in [2.45, 2.75) is 20.3 Å². The molecule has 0 unspecified atom stereocenters. The molecule has 6 heteroatoms. The Labute approximate surface area is 92.6 Å². The second-order valence-electron chi connectivity index (χ2n) is 3.01. The highest BCUT2D eigenvalue weighted by molar-refractivity contribution is 7.16. The van der Waals surface area contributed by atoms with E-state index in [1.54, 1.807) is 11.3 Å². The van der Waals surface area contributed by atoms with Crippen LogP contribution in [0.4, 0.5) is 0 Å². The zero-order valence-electron chi connectivity index (χ0n) is 8.15. The molecule has 2 heterocycles. The van der Waals surface area contributed by atoms with Gasteiger partial charge in [0.1, 0.15) is 5.01 Å². The summed E-state index contributed by atoms with van der Waals surface area (Å²) in [5.41, 5.74) is 7.63. The summed E-state index contributed by atoms with van der Waals surface area (Å²) in [6, 6.07) is 0. The smallest absolute Gasteiger partial charge is 0.212 e. The Morgan fingerprint density at radius 3 is 2.71 bits per heavy atom. The summed E-state index contributed by atoms with van der Waals surface area (Å²) < 4.78 is 1.89. The van der Waals surface area contributed by atoms with Crippen LogP contribution in [0, 0.1) is 13.8 Å². The number of nitrogens with zero attached hydrogens (tertiary/aromatic N) is 3. The van der Waals surface area contributed by atoms with Crippen molar-refractivity contribution in [1.82, 2.24) is 14.6 Å². The van der Waals surface area contributed by atoms with Crippen molar-refractivity contribution in [2.75, 3.05) is 6.54 Å². The highest BCUT2D eigenvalue weighted by Crippen LogP contribution is 2.17. The molecule has 2 aromatic heterocycles. The summed E-state index contributed by atoms with van der Waals surface area (Å²) in [6.45, 7) is 4.68. The highest BCUT2D eigenvalue weighted by atomic mass is 35.5. The van der Waals surface area contributed by atoms with Crippen molar-refractivity contribution < 1.29 is 0 Å². The van der Waals surface area contributed by atoms with E-state index in [1.165, 1.54) is 0 Å². The third-order valence-corrected chi connectivity index (χ3v) is 3.03. The van der Waals surface area contributed by atoms with Crippen molar-refractivity contribution in [2.24, 2.45) is 5.73 Å². The fraction of sp³-hybridized carbons (Fsp3) is 0.500. The molecule has 0 amide bonds. The Balaban J connectivity index is 0.000000980. The molecule has 0 aliphatic carbocycles. The number of halogens is 1. The standard InChI is InChI=1S/C8H12N4S.ClH/c1-5-6(2)12-8(10-5)13-7(11-12)3-4-9;/h3-4,9H2,1-2H3;1H. The van der Waals surface area contributed by atoms with Gasteiger partial charge in [0.05, 0.1) is 11.4 Å². The molecular formula is C8H13ClN4S.